The molecule has 1 aromatic heterocycles. The second-order valence-electron chi connectivity index (χ2n) is 15.8. The fourth-order valence-corrected chi connectivity index (χ4v) is 9.35. The summed E-state index contributed by atoms with van der Waals surface area (Å²) in [6, 6.07) is 7.77. The summed E-state index contributed by atoms with van der Waals surface area (Å²) in [5, 5.41) is 17.9. The van der Waals surface area contributed by atoms with Crippen LogP contribution in [0, 0.1) is 17.3 Å². The molecule has 3 saturated carbocycles. The number of nitrogens with one attached hydrogen (secondary N) is 2. The van der Waals surface area contributed by atoms with E-state index in [0.29, 0.717) is 24.5 Å². The highest BCUT2D eigenvalue weighted by atomic mass is 32.1. The van der Waals surface area contributed by atoms with Crippen molar-refractivity contribution in [2.24, 2.45) is 17.3 Å². The highest BCUT2D eigenvalue weighted by molar-refractivity contribution is 7.09. The number of alkyl halides is 1. The third kappa shape index (κ3) is 9.02. The minimum atomic E-state index is -1.23. The molecule has 2 heterocycles. The Labute approximate surface area is 311 Å². The van der Waals surface area contributed by atoms with Gasteiger partial charge in [-0.1, -0.05) is 57.5 Å². The number of amides is 3. The van der Waals surface area contributed by atoms with Crippen LogP contribution in [0.3, 0.4) is 0 Å². The second-order valence-corrected chi connectivity index (χ2v) is 16.7. The Kier molecular flexibility index (Phi) is 12.8. The number of piperidine rings is 1. The Morgan fingerprint density at radius 3 is 2.38 bits per heavy atom. The predicted octanol–water partition coefficient (Wildman–Crippen LogP) is 5.41. The average Bonchev–Trinajstić information content (AvgIpc) is 3.57. The zero-order chi connectivity index (χ0) is 37.8. The van der Waals surface area contributed by atoms with Crippen molar-refractivity contribution in [3.05, 3.63) is 52.0 Å². The number of thiazole rings is 1. The maximum absolute atomic E-state index is 14.8. The quantitative estimate of drug-likeness (QED) is 0.184. The van der Waals surface area contributed by atoms with Crippen molar-refractivity contribution in [2.75, 3.05) is 27.2 Å². The van der Waals surface area contributed by atoms with Gasteiger partial charge >= 0.3 is 5.97 Å². The molecule has 5 unspecified atom stereocenters. The first-order valence-corrected chi connectivity index (χ1v) is 19.6. The van der Waals surface area contributed by atoms with Crippen LogP contribution in [0.15, 0.2) is 35.7 Å². The lowest BCUT2D eigenvalue weighted by atomic mass is 9.39. The van der Waals surface area contributed by atoms with E-state index < -0.39 is 47.1 Å². The number of rotatable bonds is 18. The SMILES string of the molecule is CCOC(CC(C(C)C)N(C)C(=O)C(NC(=O)[C@H]1CCCCN1C)C12CC(F)(C1)C2)c1nc(C(=O)NC(Cc2ccccc2)CC(C)C(=O)O)cs1. The number of hydrogen-bond acceptors (Lipinski definition) is 8. The maximum Gasteiger partial charge on any atom is 0.306 e. The Hall–Kier alpha value is -3.42. The van der Waals surface area contributed by atoms with E-state index >= 15 is 0 Å². The number of likely N-dealkylation sites (N-methyl/N-ethyl adjacent to an activating group) is 2. The third-order valence-electron chi connectivity index (χ3n) is 11.4. The zero-order valence-corrected chi connectivity index (χ0v) is 32.2. The lowest BCUT2D eigenvalue weighted by Gasteiger charge is -2.68. The van der Waals surface area contributed by atoms with Crippen molar-refractivity contribution < 1.29 is 33.4 Å². The number of likely N-dealkylation sites (tertiary alicyclic amines) is 1. The topological polar surface area (TPSA) is 141 Å². The lowest BCUT2D eigenvalue weighted by Crippen LogP contribution is -2.75. The molecule has 2 aromatic rings. The van der Waals surface area contributed by atoms with Crippen LogP contribution >= 0.6 is 11.3 Å². The maximum atomic E-state index is 14.8. The standard InChI is InChI=1S/C39H56FN5O6S/c1-7-51-31(35-42-28(20-52-35)33(46)41-27(17-25(4)37(49)50)18-26-13-9-8-10-14-26)19-30(24(2)3)45(6)36(48)32(38-21-39(40,22-38)23-38)43-34(47)29-15-11-12-16-44(29)5/h8-10,13-14,20,24-25,27,29-32H,7,11-12,15-19,21-23H2,1-6H3,(H,41,46)(H,43,47)(H,49,50)/t25?,27?,29-,30?,31?,32?,38?,39?/m1/s1. The number of ether oxygens (including phenoxy) is 1. The smallest absolute Gasteiger partial charge is 0.306 e. The average molecular weight is 742 g/mol. The normalized spacial score (nSPS) is 25.5. The summed E-state index contributed by atoms with van der Waals surface area (Å²) < 4.78 is 21.0. The molecule has 11 nitrogen and oxygen atoms in total. The van der Waals surface area contributed by atoms with Crippen LogP contribution in [0.5, 0.6) is 0 Å². The third-order valence-corrected chi connectivity index (χ3v) is 12.4. The van der Waals surface area contributed by atoms with Gasteiger partial charge in [0.25, 0.3) is 5.91 Å². The van der Waals surface area contributed by atoms with Gasteiger partial charge in [0.1, 0.15) is 28.5 Å². The van der Waals surface area contributed by atoms with Crippen molar-refractivity contribution >= 4 is 35.0 Å². The number of aromatic nitrogens is 1. The molecule has 0 spiro atoms. The second kappa shape index (κ2) is 16.7. The number of carboxylic acid groups (broad SMARTS) is 1. The van der Waals surface area contributed by atoms with Crippen LogP contribution in [-0.2, 0) is 25.5 Å². The molecule has 0 radical (unpaired) electrons. The van der Waals surface area contributed by atoms with Gasteiger partial charge < -0.3 is 25.4 Å². The summed E-state index contributed by atoms with van der Waals surface area (Å²) in [6.07, 6.45) is 4.18. The van der Waals surface area contributed by atoms with Crippen LogP contribution in [0.2, 0.25) is 0 Å². The molecule has 286 valence electrons. The molecule has 6 atom stereocenters. The van der Waals surface area contributed by atoms with E-state index in [0.717, 1.165) is 31.4 Å². The van der Waals surface area contributed by atoms with E-state index in [4.69, 9.17) is 4.74 Å². The molecular formula is C39H56FN5O6S. The van der Waals surface area contributed by atoms with E-state index in [1.807, 2.05) is 63.1 Å². The summed E-state index contributed by atoms with van der Waals surface area (Å²) in [4.78, 5) is 61.6. The minimum Gasteiger partial charge on any atom is -0.481 e. The molecule has 3 amide bonds. The van der Waals surface area contributed by atoms with E-state index in [1.54, 1.807) is 24.3 Å². The number of halogens is 1. The monoisotopic (exact) mass is 741 g/mol. The Morgan fingerprint density at radius 2 is 1.79 bits per heavy atom. The molecule has 52 heavy (non-hydrogen) atoms. The summed E-state index contributed by atoms with van der Waals surface area (Å²) in [7, 11) is 3.69. The van der Waals surface area contributed by atoms with E-state index in [1.165, 1.54) is 11.3 Å². The molecule has 1 saturated heterocycles. The van der Waals surface area contributed by atoms with Crippen molar-refractivity contribution in [3.8, 4) is 0 Å². The minimum absolute atomic E-state index is 0.0102. The summed E-state index contributed by atoms with van der Waals surface area (Å²) in [6.45, 7) is 8.79. The van der Waals surface area contributed by atoms with Crippen LogP contribution in [0.4, 0.5) is 4.39 Å². The number of carboxylic acids is 1. The Bertz CT molecular complexity index is 1550. The zero-order valence-electron chi connectivity index (χ0n) is 31.4. The van der Waals surface area contributed by atoms with Crippen molar-refractivity contribution in [3.63, 3.8) is 0 Å². The highest BCUT2D eigenvalue weighted by Gasteiger charge is 2.73. The van der Waals surface area contributed by atoms with Crippen LogP contribution in [0.25, 0.3) is 0 Å². The summed E-state index contributed by atoms with van der Waals surface area (Å²) in [5.74, 6) is -2.35. The van der Waals surface area contributed by atoms with Gasteiger partial charge in [-0.25, -0.2) is 9.37 Å². The Balaban J connectivity index is 1.30. The lowest BCUT2D eigenvalue weighted by molar-refractivity contribution is -0.230. The number of carbonyl (C=O) groups is 4. The molecule has 1 aromatic carbocycles. The van der Waals surface area contributed by atoms with Crippen LogP contribution < -0.4 is 10.6 Å². The molecule has 2 bridgehead atoms. The predicted molar refractivity (Wildman–Crippen MR) is 198 cm³/mol. The fourth-order valence-electron chi connectivity index (χ4n) is 8.49. The number of hydrogen-bond donors (Lipinski definition) is 3. The molecule has 4 aliphatic rings. The summed E-state index contributed by atoms with van der Waals surface area (Å²) >= 11 is 1.31. The van der Waals surface area contributed by atoms with Crippen LogP contribution in [-0.4, -0.2) is 101 Å². The first-order chi connectivity index (χ1) is 24.6. The van der Waals surface area contributed by atoms with Gasteiger partial charge in [-0.05, 0) is 76.9 Å². The molecule has 6 rings (SSSR count). The van der Waals surface area contributed by atoms with E-state index in [2.05, 4.69) is 15.6 Å². The molecular weight excluding hydrogens is 686 g/mol. The fraction of sp³-hybridized carbons (Fsp3) is 0.667. The van der Waals surface area contributed by atoms with E-state index in [9.17, 15) is 28.7 Å². The van der Waals surface area contributed by atoms with Crippen molar-refractivity contribution in [2.45, 2.75) is 121 Å². The Morgan fingerprint density at radius 1 is 1.10 bits per heavy atom. The van der Waals surface area contributed by atoms with Gasteiger partial charge in [-0.15, -0.1) is 11.3 Å². The van der Waals surface area contributed by atoms with Gasteiger partial charge in [-0.2, -0.15) is 0 Å². The number of aliphatic carboxylic acids is 1. The molecule has 1 aliphatic heterocycles. The molecule has 4 fully saturated rings. The molecule has 3 aliphatic carbocycles. The number of carbonyl (C=O) groups excluding carboxylic acids is 3. The van der Waals surface area contributed by atoms with Gasteiger partial charge in [0, 0.05) is 43.0 Å². The summed E-state index contributed by atoms with van der Waals surface area (Å²) in [5.41, 5.74) is -0.593. The van der Waals surface area contributed by atoms with E-state index in [-0.39, 0.29) is 61.2 Å². The van der Waals surface area contributed by atoms with Crippen LogP contribution in [0.1, 0.15) is 106 Å². The van der Waals surface area contributed by atoms with Gasteiger partial charge in [0.2, 0.25) is 11.8 Å². The number of benzene rings is 1. The first-order valence-electron chi connectivity index (χ1n) is 18.8. The molecule has 3 N–H and O–H groups in total. The highest BCUT2D eigenvalue weighted by Crippen LogP contribution is 2.71. The van der Waals surface area contributed by atoms with Crippen molar-refractivity contribution in [1.82, 2.24) is 25.4 Å². The molecule has 13 heteroatoms. The van der Waals surface area contributed by atoms with Gasteiger partial charge in [-0.3, -0.25) is 24.1 Å². The largest absolute Gasteiger partial charge is 0.481 e. The van der Waals surface area contributed by atoms with Gasteiger partial charge in [0.05, 0.1) is 12.0 Å². The number of nitrogens with zero attached hydrogens (tertiary/aromatic N) is 3. The van der Waals surface area contributed by atoms with Crippen molar-refractivity contribution in [1.29, 1.82) is 0 Å². The van der Waals surface area contributed by atoms with Gasteiger partial charge in [0.15, 0.2) is 0 Å². The first kappa shape index (κ1) is 39.8.